The van der Waals surface area contributed by atoms with Crippen molar-refractivity contribution in [2.24, 2.45) is 0 Å². The Hall–Kier alpha value is -1.24. The van der Waals surface area contributed by atoms with E-state index in [0.717, 1.165) is 0 Å². The van der Waals surface area contributed by atoms with E-state index in [1.54, 1.807) is 13.8 Å². The van der Waals surface area contributed by atoms with E-state index in [9.17, 15) is 14.4 Å². The van der Waals surface area contributed by atoms with Crippen molar-refractivity contribution in [1.82, 2.24) is 10.6 Å². The van der Waals surface area contributed by atoms with E-state index in [-0.39, 0.29) is 11.7 Å². The molecule has 92 valence electrons. The topological polar surface area (TPSA) is 95.5 Å². The van der Waals surface area contributed by atoms with E-state index in [2.05, 4.69) is 10.6 Å². The lowest BCUT2D eigenvalue weighted by Crippen LogP contribution is -2.41. The predicted molar refractivity (Wildman–Crippen MR) is 61.4 cm³/mol. The Bertz CT molecular complexity index is 283. The lowest BCUT2D eigenvalue weighted by atomic mass is 10.3. The molecule has 0 aromatic carbocycles. The van der Waals surface area contributed by atoms with Gasteiger partial charge in [-0.1, -0.05) is 6.92 Å². The lowest BCUT2D eigenvalue weighted by Gasteiger charge is -2.14. The Labute approximate surface area is 98.2 Å². The van der Waals surface area contributed by atoms with Crippen molar-refractivity contribution in [1.29, 1.82) is 0 Å². The zero-order chi connectivity index (χ0) is 12.7. The highest BCUT2D eigenvalue weighted by molar-refractivity contribution is 8.01. The average Bonchev–Trinajstić information content (AvgIpc) is 2.15. The SMILES string of the molecule is CNC(=O)NC(=O)C(C)SC(C)CC(=O)O. The number of carbonyl (C=O) groups is 3. The van der Waals surface area contributed by atoms with Crippen LogP contribution in [-0.4, -0.2) is 40.6 Å². The predicted octanol–water partition coefficient (Wildman–Crippen LogP) is 0.427. The van der Waals surface area contributed by atoms with Crippen LogP contribution >= 0.6 is 11.8 Å². The Kier molecular flexibility index (Phi) is 6.55. The zero-order valence-electron chi connectivity index (χ0n) is 9.44. The van der Waals surface area contributed by atoms with Crippen LogP contribution in [0.3, 0.4) is 0 Å². The third-order valence-electron chi connectivity index (χ3n) is 1.73. The van der Waals surface area contributed by atoms with Crippen molar-refractivity contribution in [3.05, 3.63) is 0 Å². The van der Waals surface area contributed by atoms with Gasteiger partial charge in [-0.25, -0.2) is 4.79 Å². The molecule has 3 N–H and O–H groups in total. The molecule has 6 nitrogen and oxygen atoms in total. The van der Waals surface area contributed by atoms with Gasteiger partial charge in [0.05, 0.1) is 11.7 Å². The average molecular weight is 248 g/mol. The van der Waals surface area contributed by atoms with E-state index in [0.29, 0.717) is 0 Å². The van der Waals surface area contributed by atoms with Crippen LogP contribution in [0.1, 0.15) is 20.3 Å². The van der Waals surface area contributed by atoms with Crippen LogP contribution < -0.4 is 10.6 Å². The quantitative estimate of drug-likeness (QED) is 0.655. The third-order valence-corrected chi connectivity index (χ3v) is 2.99. The number of thioether (sulfide) groups is 1. The molecular formula is C9H16N2O4S. The number of carboxylic acids is 1. The minimum absolute atomic E-state index is 0.0116. The van der Waals surface area contributed by atoms with E-state index in [1.165, 1.54) is 18.8 Å². The molecular weight excluding hydrogens is 232 g/mol. The van der Waals surface area contributed by atoms with Crippen LogP contribution in [-0.2, 0) is 9.59 Å². The second kappa shape index (κ2) is 7.10. The first kappa shape index (κ1) is 14.8. The number of carboxylic acid groups (broad SMARTS) is 1. The standard InChI is InChI=1S/C9H16N2O4S/c1-5(4-7(12)13)16-6(2)8(14)11-9(15)10-3/h5-6H,4H2,1-3H3,(H,12,13)(H2,10,11,14,15). The van der Waals surface area contributed by atoms with Gasteiger partial charge in [0.25, 0.3) is 0 Å². The highest BCUT2D eigenvalue weighted by Gasteiger charge is 2.19. The summed E-state index contributed by atoms with van der Waals surface area (Å²) < 4.78 is 0. The molecule has 0 radical (unpaired) electrons. The summed E-state index contributed by atoms with van der Waals surface area (Å²) in [5.41, 5.74) is 0. The number of nitrogens with one attached hydrogen (secondary N) is 2. The van der Waals surface area contributed by atoms with E-state index in [4.69, 9.17) is 5.11 Å². The molecule has 0 heterocycles. The second-order valence-corrected chi connectivity index (χ2v) is 5.04. The minimum Gasteiger partial charge on any atom is -0.481 e. The van der Waals surface area contributed by atoms with Crippen molar-refractivity contribution in [3.63, 3.8) is 0 Å². The Morgan fingerprint density at radius 1 is 1.31 bits per heavy atom. The van der Waals surface area contributed by atoms with E-state index < -0.39 is 23.2 Å². The van der Waals surface area contributed by atoms with Crippen molar-refractivity contribution in [2.45, 2.75) is 30.8 Å². The van der Waals surface area contributed by atoms with Crippen LogP contribution in [0.15, 0.2) is 0 Å². The lowest BCUT2D eigenvalue weighted by molar-refractivity contribution is -0.136. The molecule has 16 heavy (non-hydrogen) atoms. The largest absolute Gasteiger partial charge is 0.481 e. The van der Waals surface area contributed by atoms with Crippen LogP contribution in [0.4, 0.5) is 4.79 Å². The second-order valence-electron chi connectivity index (χ2n) is 3.26. The van der Waals surface area contributed by atoms with Gasteiger partial charge in [-0.15, -0.1) is 11.8 Å². The first-order valence-electron chi connectivity index (χ1n) is 4.76. The van der Waals surface area contributed by atoms with Gasteiger partial charge in [-0.05, 0) is 6.92 Å². The van der Waals surface area contributed by atoms with Gasteiger partial charge in [0.2, 0.25) is 5.91 Å². The van der Waals surface area contributed by atoms with Gasteiger partial charge in [0.15, 0.2) is 0 Å². The summed E-state index contributed by atoms with van der Waals surface area (Å²) in [6.07, 6.45) is -0.0116. The van der Waals surface area contributed by atoms with Gasteiger partial charge in [-0.3, -0.25) is 14.9 Å². The molecule has 7 heteroatoms. The highest BCUT2D eigenvalue weighted by atomic mass is 32.2. The fraction of sp³-hybridized carbons (Fsp3) is 0.667. The fourth-order valence-electron chi connectivity index (χ4n) is 0.980. The van der Waals surface area contributed by atoms with E-state index in [1.807, 2.05) is 0 Å². The van der Waals surface area contributed by atoms with Crippen LogP contribution in [0.25, 0.3) is 0 Å². The Morgan fingerprint density at radius 3 is 2.31 bits per heavy atom. The molecule has 0 fully saturated rings. The van der Waals surface area contributed by atoms with Gasteiger partial charge in [0, 0.05) is 12.3 Å². The van der Waals surface area contributed by atoms with Gasteiger partial charge < -0.3 is 10.4 Å². The number of carbonyl (C=O) groups excluding carboxylic acids is 2. The molecule has 3 amide bonds. The summed E-state index contributed by atoms with van der Waals surface area (Å²) >= 11 is 1.22. The molecule has 0 aromatic rings. The van der Waals surface area contributed by atoms with Crippen LogP contribution in [0, 0.1) is 0 Å². The molecule has 2 unspecified atom stereocenters. The normalized spacial score (nSPS) is 13.7. The molecule has 0 bridgehead atoms. The minimum atomic E-state index is -0.904. The first-order chi connectivity index (χ1) is 7.36. The molecule has 0 spiro atoms. The van der Waals surface area contributed by atoms with E-state index >= 15 is 0 Å². The maximum absolute atomic E-state index is 11.4. The Morgan fingerprint density at radius 2 is 1.88 bits per heavy atom. The maximum atomic E-state index is 11.4. The first-order valence-corrected chi connectivity index (χ1v) is 5.71. The molecule has 0 aromatic heterocycles. The number of hydrogen-bond acceptors (Lipinski definition) is 4. The van der Waals surface area contributed by atoms with Gasteiger partial charge in [0.1, 0.15) is 0 Å². The molecule has 0 rings (SSSR count). The van der Waals surface area contributed by atoms with Gasteiger partial charge in [-0.2, -0.15) is 0 Å². The molecule has 0 aliphatic rings. The summed E-state index contributed by atoms with van der Waals surface area (Å²) in [6.45, 7) is 3.35. The third kappa shape index (κ3) is 6.28. The van der Waals surface area contributed by atoms with Crippen molar-refractivity contribution < 1.29 is 19.5 Å². The highest BCUT2D eigenvalue weighted by Crippen LogP contribution is 2.20. The fourth-order valence-corrected chi connectivity index (χ4v) is 2.10. The molecule has 0 saturated carbocycles. The summed E-state index contributed by atoms with van der Waals surface area (Å²) in [5, 5.41) is 12.3. The summed E-state index contributed by atoms with van der Waals surface area (Å²) in [5.74, 6) is -1.33. The Balaban J connectivity index is 4.04. The number of rotatable bonds is 5. The number of imide groups is 1. The smallest absolute Gasteiger partial charge is 0.321 e. The number of urea groups is 1. The van der Waals surface area contributed by atoms with Crippen molar-refractivity contribution in [2.75, 3.05) is 7.05 Å². The number of aliphatic carboxylic acids is 1. The van der Waals surface area contributed by atoms with Crippen LogP contribution in [0.2, 0.25) is 0 Å². The summed E-state index contributed by atoms with van der Waals surface area (Å²) in [4.78, 5) is 32.6. The zero-order valence-corrected chi connectivity index (χ0v) is 10.3. The van der Waals surface area contributed by atoms with Crippen LogP contribution in [0.5, 0.6) is 0 Å². The number of hydrogen-bond donors (Lipinski definition) is 3. The molecule has 2 atom stereocenters. The maximum Gasteiger partial charge on any atom is 0.321 e. The monoisotopic (exact) mass is 248 g/mol. The number of amides is 3. The van der Waals surface area contributed by atoms with Crippen molar-refractivity contribution in [3.8, 4) is 0 Å². The summed E-state index contributed by atoms with van der Waals surface area (Å²) in [6, 6.07) is -0.566. The molecule has 0 saturated heterocycles. The van der Waals surface area contributed by atoms with Crippen molar-refractivity contribution >= 4 is 29.7 Å². The van der Waals surface area contributed by atoms with Gasteiger partial charge >= 0.3 is 12.0 Å². The molecule has 0 aliphatic heterocycles. The summed E-state index contributed by atoms with van der Waals surface area (Å²) in [7, 11) is 1.41. The molecule has 0 aliphatic carbocycles.